The summed E-state index contributed by atoms with van der Waals surface area (Å²) in [7, 11) is 0. The van der Waals surface area contributed by atoms with Crippen molar-refractivity contribution in [2.24, 2.45) is 11.8 Å². The van der Waals surface area contributed by atoms with E-state index in [2.05, 4.69) is 9.88 Å². The number of carbonyl (C=O) groups is 2. The van der Waals surface area contributed by atoms with Gasteiger partial charge in [-0.2, -0.15) is 0 Å². The van der Waals surface area contributed by atoms with E-state index >= 15 is 0 Å². The highest BCUT2D eigenvalue weighted by Gasteiger charge is 2.48. The maximum Gasteiger partial charge on any atom is 0.338 e. The van der Waals surface area contributed by atoms with Gasteiger partial charge < -0.3 is 19.3 Å². The monoisotopic (exact) mass is 409 g/mol. The Balaban J connectivity index is 1.67. The van der Waals surface area contributed by atoms with Crippen LogP contribution in [0.1, 0.15) is 34.1 Å². The second-order valence-electron chi connectivity index (χ2n) is 8.24. The zero-order valence-corrected chi connectivity index (χ0v) is 17.6. The van der Waals surface area contributed by atoms with Crippen molar-refractivity contribution in [1.29, 1.82) is 0 Å². The minimum absolute atomic E-state index is 0.0444. The number of ether oxygens (including phenoxy) is 2. The number of hydrogen-bond donors (Lipinski definition) is 0. The Kier molecular flexibility index (Phi) is 6.15. The van der Waals surface area contributed by atoms with Crippen molar-refractivity contribution >= 4 is 29.3 Å². The highest BCUT2D eigenvalue weighted by atomic mass is 35.5. The molecule has 1 aromatic rings. The minimum atomic E-state index is -0.990. The standard InChI is InChI=1S/C20H28ClN3O4/c1-13(2)11-15(17-19(26)28-20(3,4)27-17)18(25)24-9-7-23(8-10-24)16-6-5-14(21)12-22-16/h5-6,12-13,15,17H,7-11H2,1-4H3/t15-,17+/m0/s1. The molecule has 28 heavy (non-hydrogen) atoms. The van der Waals surface area contributed by atoms with Crippen LogP contribution in [0.2, 0.25) is 5.02 Å². The fourth-order valence-corrected chi connectivity index (χ4v) is 3.84. The lowest BCUT2D eigenvalue weighted by molar-refractivity contribution is -0.163. The average Bonchev–Trinajstić information content (AvgIpc) is 2.92. The molecule has 154 valence electrons. The molecule has 0 aromatic carbocycles. The van der Waals surface area contributed by atoms with Gasteiger partial charge in [-0.3, -0.25) is 4.79 Å². The van der Waals surface area contributed by atoms with Gasteiger partial charge in [-0.25, -0.2) is 9.78 Å². The zero-order chi connectivity index (χ0) is 20.5. The number of carbonyl (C=O) groups excluding carboxylic acids is 2. The maximum absolute atomic E-state index is 13.3. The number of nitrogens with zero attached hydrogens (tertiary/aromatic N) is 3. The molecular weight excluding hydrogens is 382 g/mol. The highest BCUT2D eigenvalue weighted by Crippen LogP contribution is 2.32. The summed E-state index contributed by atoms with van der Waals surface area (Å²) in [5.74, 6) is -0.913. The first-order valence-electron chi connectivity index (χ1n) is 9.72. The number of anilines is 1. The Morgan fingerprint density at radius 1 is 1.29 bits per heavy atom. The van der Waals surface area contributed by atoms with Crippen LogP contribution in [0.15, 0.2) is 18.3 Å². The van der Waals surface area contributed by atoms with Gasteiger partial charge in [0, 0.05) is 46.2 Å². The van der Waals surface area contributed by atoms with Crippen LogP contribution in [-0.2, 0) is 19.1 Å². The van der Waals surface area contributed by atoms with Crippen LogP contribution in [0.3, 0.4) is 0 Å². The van der Waals surface area contributed by atoms with Gasteiger partial charge in [-0.05, 0) is 24.5 Å². The summed E-state index contributed by atoms with van der Waals surface area (Å²) >= 11 is 5.90. The van der Waals surface area contributed by atoms with E-state index in [0.29, 0.717) is 37.6 Å². The Bertz CT molecular complexity index is 715. The van der Waals surface area contributed by atoms with Gasteiger partial charge >= 0.3 is 5.97 Å². The zero-order valence-electron chi connectivity index (χ0n) is 16.9. The number of amides is 1. The van der Waals surface area contributed by atoms with Crippen molar-refractivity contribution in [1.82, 2.24) is 9.88 Å². The number of esters is 1. The third kappa shape index (κ3) is 4.75. The summed E-state index contributed by atoms with van der Waals surface area (Å²) in [6.07, 6.45) is 1.35. The quantitative estimate of drug-likeness (QED) is 0.696. The van der Waals surface area contributed by atoms with Crippen LogP contribution in [0, 0.1) is 11.8 Å². The molecule has 3 heterocycles. The summed E-state index contributed by atoms with van der Waals surface area (Å²) < 4.78 is 11.1. The molecular formula is C20H28ClN3O4. The number of rotatable bonds is 5. The van der Waals surface area contributed by atoms with Crippen LogP contribution >= 0.6 is 11.6 Å². The number of cyclic esters (lactones) is 1. The van der Waals surface area contributed by atoms with Crippen molar-refractivity contribution < 1.29 is 19.1 Å². The van der Waals surface area contributed by atoms with Crippen LogP contribution in [0.5, 0.6) is 0 Å². The number of aromatic nitrogens is 1. The van der Waals surface area contributed by atoms with E-state index in [9.17, 15) is 9.59 Å². The third-order valence-electron chi connectivity index (χ3n) is 5.02. The average molecular weight is 410 g/mol. The number of hydrogen-bond acceptors (Lipinski definition) is 6. The van der Waals surface area contributed by atoms with Crippen LogP contribution in [-0.4, -0.2) is 59.8 Å². The van der Waals surface area contributed by atoms with Crippen molar-refractivity contribution in [3.8, 4) is 0 Å². The predicted molar refractivity (Wildman–Crippen MR) is 106 cm³/mol. The molecule has 1 amide bonds. The molecule has 2 fully saturated rings. The molecule has 8 heteroatoms. The molecule has 2 saturated heterocycles. The molecule has 0 spiro atoms. The van der Waals surface area contributed by atoms with E-state index in [-0.39, 0.29) is 11.8 Å². The Hall–Kier alpha value is -1.86. The van der Waals surface area contributed by atoms with Gasteiger partial charge in [-0.1, -0.05) is 25.4 Å². The van der Waals surface area contributed by atoms with Crippen LogP contribution in [0.4, 0.5) is 5.82 Å². The lowest BCUT2D eigenvalue weighted by Crippen LogP contribution is -2.52. The van der Waals surface area contributed by atoms with Crippen molar-refractivity contribution in [3.05, 3.63) is 23.4 Å². The van der Waals surface area contributed by atoms with Gasteiger partial charge in [0.1, 0.15) is 5.82 Å². The first-order valence-corrected chi connectivity index (χ1v) is 10.1. The van der Waals surface area contributed by atoms with Crippen molar-refractivity contribution in [2.75, 3.05) is 31.1 Å². The van der Waals surface area contributed by atoms with Crippen LogP contribution < -0.4 is 4.90 Å². The molecule has 2 atom stereocenters. The van der Waals surface area contributed by atoms with E-state index in [1.165, 1.54) is 0 Å². The molecule has 0 saturated carbocycles. The molecule has 2 aliphatic rings. The normalized spacial score (nSPS) is 23.1. The molecule has 0 bridgehead atoms. The molecule has 7 nitrogen and oxygen atoms in total. The molecule has 1 aromatic heterocycles. The number of piperazine rings is 1. The van der Waals surface area contributed by atoms with E-state index in [1.807, 2.05) is 30.9 Å². The number of pyridine rings is 1. The summed E-state index contributed by atoms with van der Waals surface area (Å²) in [5, 5.41) is 0.598. The van der Waals surface area contributed by atoms with E-state index in [4.69, 9.17) is 21.1 Å². The second-order valence-corrected chi connectivity index (χ2v) is 8.68. The summed E-state index contributed by atoms with van der Waals surface area (Å²) in [6, 6.07) is 3.69. The summed E-state index contributed by atoms with van der Waals surface area (Å²) in [6.45, 7) is 9.96. The lowest BCUT2D eigenvalue weighted by Gasteiger charge is -2.37. The Labute approximate surface area is 170 Å². The van der Waals surface area contributed by atoms with Crippen molar-refractivity contribution in [2.45, 2.75) is 46.0 Å². The molecule has 2 aliphatic heterocycles. The SMILES string of the molecule is CC(C)C[C@H](C(=O)N1CCN(c2ccc(Cl)cn2)CC1)[C@H]1OC(C)(C)OC1=O. The molecule has 3 rings (SSSR count). The summed E-state index contributed by atoms with van der Waals surface area (Å²) in [5.41, 5.74) is 0. The molecule has 0 unspecified atom stereocenters. The second kappa shape index (κ2) is 8.25. The number of halogens is 1. The smallest absolute Gasteiger partial charge is 0.338 e. The predicted octanol–water partition coefficient (Wildman–Crippen LogP) is 2.72. The van der Waals surface area contributed by atoms with E-state index in [0.717, 1.165) is 5.82 Å². The van der Waals surface area contributed by atoms with Crippen LogP contribution in [0.25, 0.3) is 0 Å². The fraction of sp³-hybridized carbons (Fsp3) is 0.650. The van der Waals surface area contributed by atoms with Gasteiger partial charge in [-0.15, -0.1) is 0 Å². The van der Waals surface area contributed by atoms with Gasteiger partial charge in [0.25, 0.3) is 0 Å². The fourth-order valence-electron chi connectivity index (χ4n) is 3.73. The largest absolute Gasteiger partial charge is 0.432 e. The third-order valence-corrected chi connectivity index (χ3v) is 5.25. The van der Waals surface area contributed by atoms with Crippen molar-refractivity contribution in [3.63, 3.8) is 0 Å². The van der Waals surface area contributed by atoms with Gasteiger partial charge in [0.2, 0.25) is 11.7 Å². The summed E-state index contributed by atoms with van der Waals surface area (Å²) in [4.78, 5) is 33.9. The first kappa shape index (κ1) is 20.9. The van der Waals surface area contributed by atoms with Gasteiger partial charge in [0.05, 0.1) is 10.9 Å². The lowest BCUT2D eigenvalue weighted by atomic mass is 9.90. The Morgan fingerprint density at radius 2 is 1.96 bits per heavy atom. The Morgan fingerprint density at radius 3 is 2.46 bits per heavy atom. The maximum atomic E-state index is 13.3. The molecule has 0 N–H and O–H groups in total. The highest BCUT2D eigenvalue weighted by molar-refractivity contribution is 6.30. The van der Waals surface area contributed by atoms with Gasteiger partial charge in [0.15, 0.2) is 6.10 Å². The van der Waals surface area contributed by atoms with E-state index in [1.54, 1.807) is 20.0 Å². The minimum Gasteiger partial charge on any atom is -0.432 e. The van der Waals surface area contributed by atoms with E-state index < -0.39 is 23.8 Å². The topological polar surface area (TPSA) is 72.0 Å². The first-order chi connectivity index (χ1) is 13.2. The molecule has 0 aliphatic carbocycles. The molecule has 0 radical (unpaired) electrons.